The predicted octanol–water partition coefficient (Wildman–Crippen LogP) is 7.44. The third-order valence-corrected chi connectivity index (χ3v) is 7.05. The molecule has 0 amide bonds. The smallest absolute Gasteiger partial charge is 0.417 e. The summed E-state index contributed by atoms with van der Waals surface area (Å²) in [7, 11) is 0. The molecule has 3 nitrogen and oxygen atoms in total. The highest BCUT2D eigenvalue weighted by molar-refractivity contribution is 7.90. The van der Waals surface area contributed by atoms with Crippen LogP contribution in [-0.4, -0.2) is 20.5 Å². The van der Waals surface area contributed by atoms with E-state index in [0.717, 1.165) is 11.5 Å². The lowest BCUT2D eigenvalue weighted by molar-refractivity contribution is -0.137. The third kappa shape index (κ3) is 5.96. The molecule has 1 heterocycles. The molecule has 0 saturated carbocycles. The monoisotopic (exact) mass is 496 g/mol. The normalized spacial score (nSPS) is 15.0. The maximum absolute atomic E-state index is 14.2. The summed E-state index contributed by atoms with van der Waals surface area (Å²) >= 11 is -1.49. The van der Waals surface area contributed by atoms with Gasteiger partial charge in [-0.25, -0.2) is 4.39 Å². The highest BCUT2D eigenvalue weighted by Gasteiger charge is 2.34. The second-order valence-corrected chi connectivity index (χ2v) is 12.8. The Morgan fingerprint density at radius 1 is 1.00 bits per heavy atom. The molecule has 2 aromatic carbocycles. The maximum atomic E-state index is 14.2. The third-order valence-electron chi connectivity index (χ3n) is 5.44. The Morgan fingerprint density at radius 3 is 2.21 bits per heavy atom. The fourth-order valence-electron chi connectivity index (χ4n) is 3.87. The van der Waals surface area contributed by atoms with Crippen LogP contribution in [0.4, 0.5) is 17.6 Å². The van der Waals surface area contributed by atoms with Crippen LogP contribution in [0.3, 0.4) is 0 Å². The molecule has 2 atom stereocenters. The number of benzene rings is 2. The molecule has 0 bridgehead atoms. The SMILES string of the molecule is CC(C)(C)Cn1cc([C@@H](CF)N[S+]([O-])C(C)(C)C)c2ccc(-c3ccccc3C(F)(F)F)cc21. The molecular formula is C26H32F4N2OS. The van der Waals surface area contributed by atoms with Crippen molar-refractivity contribution < 1.29 is 22.1 Å². The van der Waals surface area contributed by atoms with Gasteiger partial charge >= 0.3 is 6.18 Å². The van der Waals surface area contributed by atoms with Crippen molar-refractivity contribution in [1.29, 1.82) is 0 Å². The Hall–Kier alpha value is -2.03. The molecule has 8 heteroatoms. The summed E-state index contributed by atoms with van der Waals surface area (Å²) in [6.07, 6.45) is -2.66. The van der Waals surface area contributed by atoms with Gasteiger partial charge in [0.1, 0.15) is 17.5 Å². The van der Waals surface area contributed by atoms with Crippen LogP contribution in [0.25, 0.3) is 22.0 Å². The zero-order valence-electron chi connectivity index (χ0n) is 20.4. The summed E-state index contributed by atoms with van der Waals surface area (Å²) < 4.78 is 72.0. The largest absolute Gasteiger partial charge is 0.598 e. The molecule has 1 N–H and O–H groups in total. The van der Waals surface area contributed by atoms with E-state index >= 15 is 0 Å². The zero-order valence-corrected chi connectivity index (χ0v) is 21.2. The second-order valence-electron chi connectivity index (χ2n) is 10.8. The molecule has 3 rings (SSSR count). The van der Waals surface area contributed by atoms with Gasteiger partial charge in [-0.05, 0) is 49.4 Å². The van der Waals surface area contributed by atoms with Crippen LogP contribution >= 0.6 is 0 Å². The van der Waals surface area contributed by atoms with Crippen molar-refractivity contribution in [3.63, 3.8) is 0 Å². The van der Waals surface area contributed by atoms with E-state index in [4.69, 9.17) is 0 Å². The van der Waals surface area contributed by atoms with Crippen LogP contribution in [0.2, 0.25) is 0 Å². The first kappa shape index (κ1) is 26.6. The van der Waals surface area contributed by atoms with E-state index in [2.05, 4.69) is 25.5 Å². The minimum atomic E-state index is -4.48. The fraction of sp³-hybridized carbons (Fsp3) is 0.462. The number of nitrogens with zero attached hydrogens (tertiary/aromatic N) is 1. The highest BCUT2D eigenvalue weighted by atomic mass is 32.2. The first-order chi connectivity index (χ1) is 15.6. The van der Waals surface area contributed by atoms with Gasteiger partial charge < -0.3 is 9.12 Å². The van der Waals surface area contributed by atoms with Gasteiger partial charge in [-0.3, -0.25) is 0 Å². The summed E-state index contributed by atoms with van der Waals surface area (Å²) in [4.78, 5) is 0. The molecule has 0 radical (unpaired) electrons. The zero-order chi connectivity index (χ0) is 25.5. The summed E-state index contributed by atoms with van der Waals surface area (Å²) in [5.74, 6) is 0. The minimum Gasteiger partial charge on any atom is -0.598 e. The lowest BCUT2D eigenvalue weighted by Gasteiger charge is -2.26. The molecular weight excluding hydrogens is 464 g/mol. The van der Waals surface area contributed by atoms with Crippen LogP contribution in [0.15, 0.2) is 48.7 Å². The Bertz CT molecular complexity index is 1140. The van der Waals surface area contributed by atoms with E-state index in [0.29, 0.717) is 23.2 Å². The van der Waals surface area contributed by atoms with E-state index in [1.54, 1.807) is 45.0 Å². The number of alkyl halides is 4. The van der Waals surface area contributed by atoms with Gasteiger partial charge in [-0.15, -0.1) is 4.72 Å². The summed E-state index contributed by atoms with van der Waals surface area (Å²) in [5, 5.41) is 0.721. The van der Waals surface area contributed by atoms with Crippen LogP contribution < -0.4 is 4.72 Å². The number of fused-ring (bicyclic) bond motifs is 1. The highest BCUT2D eigenvalue weighted by Crippen LogP contribution is 2.39. The molecule has 0 aliphatic rings. The molecule has 34 heavy (non-hydrogen) atoms. The van der Waals surface area contributed by atoms with Crippen molar-refractivity contribution in [2.45, 2.75) is 65.1 Å². The number of hydrogen-bond acceptors (Lipinski definition) is 2. The number of rotatable bonds is 6. The number of aromatic nitrogens is 1. The van der Waals surface area contributed by atoms with E-state index in [1.807, 2.05) is 10.8 Å². The quantitative estimate of drug-likeness (QED) is 0.285. The molecule has 0 spiro atoms. The average Bonchev–Trinajstić information content (AvgIpc) is 3.06. The molecule has 0 fully saturated rings. The first-order valence-electron chi connectivity index (χ1n) is 11.2. The molecule has 0 aliphatic carbocycles. The Kier molecular flexibility index (Phi) is 7.46. The van der Waals surface area contributed by atoms with Gasteiger partial charge in [0, 0.05) is 40.6 Å². The molecule has 1 aromatic heterocycles. The maximum Gasteiger partial charge on any atom is 0.417 e. The van der Waals surface area contributed by atoms with Crippen LogP contribution in [0.1, 0.15) is 58.7 Å². The average molecular weight is 497 g/mol. The molecule has 0 aliphatic heterocycles. The minimum absolute atomic E-state index is 0.0935. The van der Waals surface area contributed by atoms with Gasteiger partial charge in [0.15, 0.2) is 0 Å². The Balaban J connectivity index is 2.18. The van der Waals surface area contributed by atoms with E-state index < -0.39 is 40.6 Å². The molecule has 186 valence electrons. The lowest BCUT2D eigenvalue weighted by atomic mass is 9.96. The summed E-state index contributed by atoms with van der Waals surface area (Å²) in [6, 6.07) is 9.77. The van der Waals surface area contributed by atoms with Crippen molar-refractivity contribution in [2.75, 3.05) is 6.67 Å². The van der Waals surface area contributed by atoms with Crippen LogP contribution in [0.5, 0.6) is 0 Å². The van der Waals surface area contributed by atoms with Crippen LogP contribution in [0, 0.1) is 5.41 Å². The Morgan fingerprint density at radius 2 is 1.65 bits per heavy atom. The van der Waals surface area contributed by atoms with Crippen molar-refractivity contribution in [1.82, 2.24) is 9.29 Å². The van der Waals surface area contributed by atoms with Gasteiger partial charge in [-0.1, -0.05) is 51.1 Å². The number of nitrogens with one attached hydrogen (secondary N) is 1. The topological polar surface area (TPSA) is 40.0 Å². The van der Waals surface area contributed by atoms with Gasteiger partial charge in [0.05, 0.1) is 5.56 Å². The lowest BCUT2D eigenvalue weighted by Crippen LogP contribution is -2.41. The predicted molar refractivity (Wildman–Crippen MR) is 132 cm³/mol. The summed E-state index contributed by atoms with van der Waals surface area (Å²) in [5.41, 5.74) is 1.04. The van der Waals surface area contributed by atoms with Crippen molar-refractivity contribution in [3.8, 4) is 11.1 Å². The van der Waals surface area contributed by atoms with Gasteiger partial charge in [-0.2, -0.15) is 13.2 Å². The Labute approximate surface area is 201 Å². The van der Waals surface area contributed by atoms with Crippen molar-refractivity contribution in [2.24, 2.45) is 5.41 Å². The fourth-order valence-corrected chi connectivity index (χ4v) is 4.68. The van der Waals surface area contributed by atoms with Crippen molar-refractivity contribution >= 4 is 22.3 Å². The van der Waals surface area contributed by atoms with Gasteiger partial charge in [0.25, 0.3) is 0 Å². The number of halogens is 4. The molecule has 0 saturated heterocycles. The van der Waals surface area contributed by atoms with Crippen molar-refractivity contribution in [3.05, 3.63) is 59.8 Å². The van der Waals surface area contributed by atoms with E-state index in [-0.39, 0.29) is 11.0 Å². The van der Waals surface area contributed by atoms with Gasteiger partial charge in [0.2, 0.25) is 0 Å². The molecule has 3 aromatic rings. The second kappa shape index (κ2) is 9.55. The first-order valence-corrected chi connectivity index (χ1v) is 12.3. The number of hydrogen-bond donors (Lipinski definition) is 1. The van der Waals surface area contributed by atoms with Crippen LogP contribution in [-0.2, 0) is 24.1 Å². The summed E-state index contributed by atoms with van der Waals surface area (Å²) in [6.45, 7) is 11.4. The standard InChI is InChI=1S/C26H32F4N2OS/c1-24(2,3)16-32-15-20(22(14-27)31-34(33)25(4,5)6)19-12-11-17(13-23(19)32)18-9-7-8-10-21(18)26(28,29)30/h7-13,15,22,31H,14,16H2,1-6H3/t22-,34?/m1/s1. The molecule has 1 unspecified atom stereocenters. The van der Waals surface area contributed by atoms with E-state index in [9.17, 15) is 22.1 Å². The van der Waals surface area contributed by atoms with E-state index in [1.165, 1.54) is 12.1 Å².